The fourth-order valence-electron chi connectivity index (χ4n) is 1.57. The van der Waals surface area contributed by atoms with Gasteiger partial charge in [-0.1, -0.05) is 12.1 Å². The van der Waals surface area contributed by atoms with E-state index in [1.54, 1.807) is 31.1 Å². The molecule has 0 saturated heterocycles. The zero-order valence-corrected chi connectivity index (χ0v) is 10.6. The van der Waals surface area contributed by atoms with E-state index in [0.29, 0.717) is 0 Å². The van der Waals surface area contributed by atoms with Crippen molar-refractivity contribution in [3.05, 3.63) is 35.6 Å². The van der Waals surface area contributed by atoms with Gasteiger partial charge in [-0.2, -0.15) is 0 Å². The number of hydrogen-bond acceptors (Lipinski definition) is 3. The lowest BCUT2D eigenvalue weighted by atomic mass is 10.1. The number of Topliss-reactive ketones (excluding diaryl/α,β-unsaturated/α-hetero) is 1. The van der Waals surface area contributed by atoms with Gasteiger partial charge in [-0.25, -0.2) is 4.39 Å². The number of nitrogens with one attached hydrogen (secondary N) is 1. The molecule has 0 unspecified atom stereocenters. The Morgan fingerprint density at radius 2 is 1.83 bits per heavy atom. The van der Waals surface area contributed by atoms with Gasteiger partial charge in [0.1, 0.15) is 5.82 Å². The molecule has 18 heavy (non-hydrogen) atoms. The highest BCUT2D eigenvalue weighted by Gasteiger charge is 2.10. The third-order valence-electron chi connectivity index (χ3n) is 2.45. The second kappa shape index (κ2) is 6.86. The van der Waals surface area contributed by atoms with Gasteiger partial charge >= 0.3 is 0 Å². The SMILES string of the molecule is CNC(=O)CN(C)CC(=O)Cc1ccc(F)cc1. The second-order valence-corrected chi connectivity index (χ2v) is 4.19. The number of benzene rings is 1. The Kier molecular flexibility index (Phi) is 5.45. The van der Waals surface area contributed by atoms with Crippen LogP contribution in [0.15, 0.2) is 24.3 Å². The van der Waals surface area contributed by atoms with Gasteiger partial charge in [0, 0.05) is 13.5 Å². The maximum atomic E-state index is 12.7. The molecular formula is C13H17FN2O2. The summed E-state index contributed by atoms with van der Waals surface area (Å²) in [5.41, 5.74) is 0.773. The zero-order chi connectivity index (χ0) is 13.5. The van der Waals surface area contributed by atoms with Gasteiger partial charge in [0.05, 0.1) is 13.1 Å². The largest absolute Gasteiger partial charge is 0.358 e. The first-order chi connectivity index (χ1) is 8.51. The molecule has 0 spiro atoms. The zero-order valence-electron chi connectivity index (χ0n) is 10.6. The van der Waals surface area contributed by atoms with E-state index in [0.717, 1.165) is 5.56 Å². The quantitative estimate of drug-likeness (QED) is 0.807. The third kappa shape index (κ3) is 5.05. The predicted octanol–water partition coefficient (Wildman–Crippen LogP) is 0.615. The molecule has 4 nitrogen and oxygen atoms in total. The van der Waals surface area contributed by atoms with E-state index < -0.39 is 0 Å². The first-order valence-electron chi connectivity index (χ1n) is 5.66. The number of likely N-dealkylation sites (N-methyl/N-ethyl adjacent to an activating group) is 2. The minimum atomic E-state index is -0.317. The molecule has 0 fully saturated rings. The number of amides is 1. The maximum absolute atomic E-state index is 12.7. The van der Waals surface area contributed by atoms with Crippen LogP contribution in [-0.4, -0.2) is 43.8 Å². The molecule has 1 rings (SSSR count). The smallest absolute Gasteiger partial charge is 0.233 e. The molecule has 0 radical (unpaired) electrons. The van der Waals surface area contributed by atoms with Gasteiger partial charge in [-0.05, 0) is 24.7 Å². The molecule has 5 heteroatoms. The van der Waals surface area contributed by atoms with E-state index in [2.05, 4.69) is 5.32 Å². The topological polar surface area (TPSA) is 49.4 Å². The van der Waals surface area contributed by atoms with Crippen LogP contribution in [0.3, 0.4) is 0 Å². The summed E-state index contributed by atoms with van der Waals surface area (Å²) in [6, 6.07) is 5.84. The molecule has 98 valence electrons. The molecule has 0 aliphatic rings. The minimum absolute atomic E-state index is 0.00647. The normalized spacial score (nSPS) is 10.4. The summed E-state index contributed by atoms with van der Waals surface area (Å²) in [5.74, 6) is -0.456. The fraction of sp³-hybridized carbons (Fsp3) is 0.385. The third-order valence-corrected chi connectivity index (χ3v) is 2.45. The monoisotopic (exact) mass is 252 g/mol. The summed E-state index contributed by atoms with van der Waals surface area (Å²) >= 11 is 0. The van der Waals surface area contributed by atoms with E-state index in [9.17, 15) is 14.0 Å². The van der Waals surface area contributed by atoms with Crippen LogP contribution in [0.1, 0.15) is 5.56 Å². The van der Waals surface area contributed by atoms with Crippen LogP contribution in [0.5, 0.6) is 0 Å². The highest BCUT2D eigenvalue weighted by Crippen LogP contribution is 2.04. The van der Waals surface area contributed by atoms with E-state index >= 15 is 0 Å². The summed E-state index contributed by atoms with van der Waals surface area (Å²) in [6.07, 6.45) is 0.248. The molecule has 1 aromatic rings. The Labute approximate surface area is 106 Å². The van der Waals surface area contributed by atoms with Gasteiger partial charge in [-0.3, -0.25) is 14.5 Å². The van der Waals surface area contributed by atoms with Crippen LogP contribution in [0.4, 0.5) is 4.39 Å². The lowest BCUT2D eigenvalue weighted by molar-refractivity contribution is -0.123. The van der Waals surface area contributed by atoms with Crippen LogP contribution < -0.4 is 5.32 Å². The first-order valence-corrected chi connectivity index (χ1v) is 5.66. The first kappa shape index (κ1) is 14.3. The molecule has 1 amide bonds. The number of rotatable bonds is 6. The number of carbonyl (C=O) groups is 2. The maximum Gasteiger partial charge on any atom is 0.233 e. The highest BCUT2D eigenvalue weighted by molar-refractivity contribution is 5.84. The van der Waals surface area contributed by atoms with E-state index in [1.807, 2.05) is 0 Å². The standard InChI is InChI=1S/C13H17FN2O2/c1-15-13(18)9-16(2)8-12(17)7-10-3-5-11(14)6-4-10/h3-6H,7-9H2,1-2H3,(H,15,18). The fourth-order valence-corrected chi connectivity index (χ4v) is 1.57. The number of carbonyl (C=O) groups excluding carboxylic acids is 2. The Hall–Kier alpha value is -1.75. The number of halogens is 1. The Bertz CT molecular complexity index is 418. The van der Waals surface area contributed by atoms with Crippen molar-refractivity contribution < 1.29 is 14.0 Å². The Balaban J connectivity index is 2.41. The van der Waals surface area contributed by atoms with Gasteiger partial charge < -0.3 is 5.32 Å². The summed E-state index contributed by atoms with van der Waals surface area (Å²) in [6.45, 7) is 0.385. The van der Waals surface area contributed by atoms with Gasteiger partial charge in [-0.15, -0.1) is 0 Å². The molecule has 0 atom stereocenters. The van der Waals surface area contributed by atoms with Crippen LogP contribution in [0.25, 0.3) is 0 Å². The van der Waals surface area contributed by atoms with Crippen molar-refractivity contribution in [3.8, 4) is 0 Å². The number of nitrogens with zero attached hydrogens (tertiary/aromatic N) is 1. The van der Waals surface area contributed by atoms with Crippen molar-refractivity contribution in [2.75, 3.05) is 27.2 Å². The summed E-state index contributed by atoms with van der Waals surface area (Å²) < 4.78 is 12.7. The highest BCUT2D eigenvalue weighted by atomic mass is 19.1. The molecule has 0 saturated carbocycles. The average molecular weight is 252 g/mol. The molecule has 0 aliphatic carbocycles. The van der Waals surface area contributed by atoms with Crippen molar-refractivity contribution in [1.82, 2.24) is 10.2 Å². The second-order valence-electron chi connectivity index (χ2n) is 4.19. The van der Waals surface area contributed by atoms with Crippen LogP contribution in [0.2, 0.25) is 0 Å². The van der Waals surface area contributed by atoms with Crippen LogP contribution >= 0.6 is 0 Å². The van der Waals surface area contributed by atoms with Crippen molar-refractivity contribution in [2.24, 2.45) is 0 Å². The molecule has 1 aromatic carbocycles. The van der Waals surface area contributed by atoms with E-state index in [1.165, 1.54) is 12.1 Å². The minimum Gasteiger partial charge on any atom is -0.358 e. The van der Waals surface area contributed by atoms with Crippen LogP contribution in [-0.2, 0) is 16.0 Å². The Morgan fingerprint density at radius 1 is 1.22 bits per heavy atom. The van der Waals surface area contributed by atoms with Gasteiger partial charge in [0.15, 0.2) is 5.78 Å². The molecule has 0 bridgehead atoms. The van der Waals surface area contributed by atoms with Gasteiger partial charge in [0.25, 0.3) is 0 Å². The summed E-state index contributed by atoms with van der Waals surface area (Å²) in [7, 11) is 3.26. The molecule has 0 heterocycles. The molecule has 0 aliphatic heterocycles. The molecule has 1 N–H and O–H groups in total. The van der Waals surface area contributed by atoms with Crippen molar-refractivity contribution in [2.45, 2.75) is 6.42 Å². The van der Waals surface area contributed by atoms with Crippen LogP contribution in [0, 0.1) is 5.82 Å². The van der Waals surface area contributed by atoms with Crippen molar-refractivity contribution in [3.63, 3.8) is 0 Å². The average Bonchev–Trinajstić information content (AvgIpc) is 2.31. The summed E-state index contributed by atoms with van der Waals surface area (Å²) in [5, 5.41) is 2.49. The number of hydrogen-bond donors (Lipinski definition) is 1. The number of ketones is 1. The van der Waals surface area contributed by atoms with E-state index in [4.69, 9.17) is 0 Å². The lowest BCUT2D eigenvalue weighted by Gasteiger charge is -2.14. The van der Waals surface area contributed by atoms with Gasteiger partial charge in [0.2, 0.25) is 5.91 Å². The predicted molar refractivity (Wildman–Crippen MR) is 66.7 cm³/mol. The van der Waals surface area contributed by atoms with Crippen molar-refractivity contribution >= 4 is 11.7 Å². The Morgan fingerprint density at radius 3 is 2.39 bits per heavy atom. The molecular weight excluding hydrogens is 235 g/mol. The van der Waals surface area contributed by atoms with E-state index in [-0.39, 0.29) is 37.0 Å². The van der Waals surface area contributed by atoms with Crippen molar-refractivity contribution in [1.29, 1.82) is 0 Å². The lowest BCUT2D eigenvalue weighted by Crippen LogP contribution is -2.36. The molecule has 0 aromatic heterocycles. The summed E-state index contributed by atoms with van der Waals surface area (Å²) in [4.78, 5) is 24.4.